The molecule has 1 aromatic carbocycles. The van der Waals surface area contributed by atoms with Gasteiger partial charge < -0.3 is 0 Å². The third kappa shape index (κ3) is 2.48. The standard InChI is InChI=1S/C16H13ClN2O2/c1-9-10(2)14(8-18)16(21)19(11(9)3)15(20)12-5-4-6-13(17)7-12/h4-7H,1-3H3. The van der Waals surface area contributed by atoms with E-state index in [9.17, 15) is 9.59 Å². The summed E-state index contributed by atoms with van der Waals surface area (Å²) in [5.41, 5.74) is 1.59. The topological polar surface area (TPSA) is 62.9 Å². The molecule has 2 rings (SSSR count). The number of nitrogens with zero attached hydrogens (tertiary/aromatic N) is 2. The summed E-state index contributed by atoms with van der Waals surface area (Å²) >= 11 is 5.88. The highest BCUT2D eigenvalue weighted by molar-refractivity contribution is 6.31. The zero-order chi connectivity index (χ0) is 15.7. The molecule has 0 aliphatic rings. The van der Waals surface area contributed by atoms with E-state index in [1.165, 1.54) is 6.07 Å². The predicted octanol–water partition coefficient (Wildman–Crippen LogP) is 2.99. The van der Waals surface area contributed by atoms with Crippen molar-refractivity contribution in [1.29, 1.82) is 5.26 Å². The quantitative estimate of drug-likeness (QED) is 0.813. The van der Waals surface area contributed by atoms with E-state index >= 15 is 0 Å². The number of hydrogen-bond acceptors (Lipinski definition) is 3. The molecule has 5 heteroatoms. The summed E-state index contributed by atoms with van der Waals surface area (Å²) in [6.07, 6.45) is 0. The summed E-state index contributed by atoms with van der Waals surface area (Å²) in [5, 5.41) is 9.55. The highest BCUT2D eigenvalue weighted by Gasteiger charge is 2.19. The SMILES string of the molecule is Cc1c(C)c(C)n(C(=O)c2cccc(Cl)c2)c(=O)c1C#N. The van der Waals surface area contributed by atoms with Crippen LogP contribution in [0.3, 0.4) is 0 Å². The summed E-state index contributed by atoms with van der Waals surface area (Å²) in [5.74, 6) is -0.486. The first-order chi connectivity index (χ1) is 9.88. The van der Waals surface area contributed by atoms with Crippen LogP contribution in [0, 0.1) is 32.1 Å². The number of carbonyl (C=O) groups excluding carboxylic acids is 1. The minimum atomic E-state index is -0.594. The molecule has 1 aromatic heterocycles. The van der Waals surface area contributed by atoms with Crippen LogP contribution in [0.4, 0.5) is 0 Å². The Kier molecular flexibility index (Phi) is 3.97. The molecule has 4 nitrogen and oxygen atoms in total. The zero-order valence-electron chi connectivity index (χ0n) is 11.9. The van der Waals surface area contributed by atoms with Crippen LogP contribution in [-0.4, -0.2) is 10.5 Å². The second-order valence-electron chi connectivity index (χ2n) is 4.78. The smallest absolute Gasteiger partial charge is 0.268 e. The van der Waals surface area contributed by atoms with Gasteiger partial charge in [-0.3, -0.25) is 9.59 Å². The van der Waals surface area contributed by atoms with Crippen molar-refractivity contribution in [2.24, 2.45) is 0 Å². The van der Waals surface area contributed by atoms with Gasteiger partial charge in [0.1, 0.15) is 11.6 Å². The van der Waals surface area contributed by atoms with E-state index in [0.717, 1.165) is 10.1 Å². The van der Waals surface area contributed by atoms with Crippen LogP contribution < -0.4 is 5.56 Å². The largest absolute Gasteiger partial charge is 0.275 e. The summed E-state index contributed by atoms with van der Waals surface area (Å²) in [7, 11) is 0. The second kappa shape index (κ2) is 5.55. The van der Waals surface area contributed by atoms with Gasteiger partial charge in [0.25, 0.3) is 11.5 Å². The molecule has 1 heterocycles. The van der Waals surface area contributed by atoms with E-state index in [0.29, 0.717) is 21.8 Å². The molecular formula is C16H13ClN2O2. The van der Waals surface area contributed by atoms with Crippen molar-refractivity contribution in [3.8, 4) is 6.07 Å². The predicted molar refractivity (Wildman–Crippen MR) is 80.8 cm³/mol. The average Bonchev–Trinajstić information content (AvgIpc) is 2.45. The number of rotatable bonds is 1. The summed E-state index contributed by atoms with van der Waals surface area (Å²) < 4.78 is 1.03. The van der Waals surface area contributed by atoms with Gasteiger partial charge in [-0.2, -0.15) is 5.26 Å². The van der Waals surface area contributed by atoms with Crippen molar-refractivity contribution < 1.29 is 4.79 Å². The molecule has 0 aliphatic heterocycles. The number of carbonyl (C=O) groups is 1. The number of benzene rings is 1. The second-order valence-corrected chi connectivity index (χ2v) is 5.21. The number of hydrogen-bond donors (Lipinski definition) is 0. The fourth-order valence-corrected chi connectivity index (χ4v) is 2.37. The molecule has 0 saturated carbocycles. The Labute approximate surface area is 127 Å². The number of pyridine rings is 1. The minimum absolute atomic E-state index is 0.00604. The van der Waals surface area contributed by atoms with E-state index in [2.05, 4.69) is 0 Å². The van der Waals surface area contributed by atoms with Crippen molar-refractivity contribution in [2.75, 3.05) is 0 Å². The number of aromatic nitrogens is 1. The van der Waals surface area contributed by atoms with Crippen LogP contribution >= 0.6 is 11.6 Å². The van der Waals surface area contributed by atoms with Crippen molar-refractivity contribution >= 4 is 17.5 Å². The Balaban J connectivity index is 2.76. The lowest BCUT2D eigenvalue weighted by molar-refractivity contribution is 0.0953. The first-order valence-corrected chi connectivity index (χ1v) is 6.69. The summed E-state index contributed by atoms with van der Waals surface area (Å²) in [6.45, 7) is 5.18. The third-order valence-corrected chi connectivity index (χ3v) is 3.85. The monoisotopic (exact) mass is 300 g/mol. The normalized spacial score (nSPS) is 10.2. The van der Waals surface area contributed by atoms with Gasteiger partial charge in [-0.1, -0.05) is 17.7 Å². The lowest BCUT2D eigenvalue weighted by atomic mass is 10.0. The van der Waals surface area contributed by atoms with E-state index in [4.69, 9.17) is 16.9 Å². The summed E-state index contributed by atoms with van der Waals surface area (Å²) in [4.78, 5) is 24.9. The van der Waals surface area contributed by atoms with Crippen LogP contribution in [0.5, 0.6) is 0 Å². The van der Waals surface area contributed by atoms with E-state index in [-0.39, 0.29) is 5.56 Å². The third-order valence-electron chi connectivity index (χ3n) is 3.62. The fourth-order valence-electron chi connectivity index (χ4n) is 2.18. The van der Waals surface area contributed by atoms with Crippen molar-refractivity contribution in [2.45, 2.75) is 20.8 Å². The molecule has 0 aliphatic carbocycles. The van der Waals surface area contributed by atoms with Gasteiger partial charge in [0.15, 0.2) is 0 Å². The van der Waals surface area contributed by atoms with Crippen LogP contribution in [0.25, 0.3) is 0 Å². The highest BCUT2D eigenvalue weighted by Crippen LogP contribution is 2.16. The van der Waals surface area contributed by atoms with Gasteiger partial charge in [0, 0.05) is 16.3 Å². The molecule has 0 spiro atoms. The van der Waals surface area contributed by atoms with E-state index in [1.54, 1.807) is 39.0 Å². The number of halogens is 1. The highest BCUT2D eigenvalue weighted by atomic mass is 35.5. The molecule has 0 N–H and O–H groups in total. The maximum absolute atomic E-state index is 12.6. The van der Waals surface area contributed by atoms with Crippen LogP contribution in [0.1, 0.15) is 32.7 Å². The summed E-state index contributed by atoms with van der Waals surface area (Å²) in [6, 6.07) is 8.25. The first kappa shape index (κ1) is 15.0. The zero-order valence-corrected chi connectivity index (χ0v) is 12.7. The molecule has 0 fully saturated rings. The van der Waals surface area contributed by atoms with Crippen LogP contribution in [-0.2, 0) is 0 Å². The molecule has 0 unspecified atom stereocenters. The Morgan fingerprint density at radius 1 is 1.24 bits per heavy atom. The van der Waals surface area contributed by atoms with Gasteiger partial charge >= 0.3 is 0 Å². The molecule has 0 amide bonds. The molecule has 106 valence electrons. The Morgan fingerprint density at radius 2 is 1.90 bits per heavy atom. The van der Waals surface area contributed by atoms with Crippen molar-refractivity contribution in [3.63, 3.8) is 0 Å². The van der Waals surface area contributed by atoms with Crippen molar-refractivity contribution in [1.82, 2.24) is 4.57 Å². The molecule has 2 aromatic rings. The maximum atomic E-state index is 12.6. The Hall–Kier alpha value is -2.38. The molecule has 0 atom stereocenters. The molecule has 0 radical (unpaired) electrons. The molecular weight excluding hydrogens is 288 g/mol. The maximum Gasteiger partial charge on any atom is 0.275 e. The fraction of sp³-hybridized carbons (Fsp3) is 0.188. The van der Waals surface area contributed by atoms with Crippen LogP contribution in [0.2, 0.25) is 5.02 Å². The van der Waals surface area contributed by atoms with Gasteiger partial charge in [-0.05, 0) is 50.1 Å². The lowest BCUT2D eigenvalue weighted by Crippen LogP contribution is -2.32. The van der Waals surface area contributed by atoms with E-state index in [1.807, 2.05) is 6.07 Å². The van der Waals surface area contributed by atoms with Gasteiger partial charge in [-0.25, -0.2) is 4.57 Å². The number of nitriles is 1. The molecule has 21 heavy (non-hydrogen) atoms. The minimum Gasteiger partial charge on any atom is -0.268 e. The molecule has 0 saturated heterocycles. The van der Waals surface area contributed by atoms with Crippen molar-refractivity contribution in [3.05, 3.63) is 67.6 Å². The van der Waals surface area contributed by atoms with Gasteiger partial charge in [-0.15, -0.1) is 0 Å². The average molecular weight is 301 g/mol. The van der Waals surface area contributed by atoms with E-state index < -0.39 is 11.5 Å². The molecule has 0 bridgehead atoms. The Bertz CT molecular complexity index is 845. The Morgan fingerprint density at radius 3 is 2.48 bits per heavy atom. The van der Waals surface area contributed by atoms with Gasteiger partial charge in [0.05, 0.1) is 0 Å². The van der Waals surface area contributed by atoms with Crippen LogP contribution in [0.15, 0.2) is 29.1 Å². The first-order valence-electron chi connectivity index (χ1n) is 6.31. The lowest BCUT2D eigenvalue weighted by Gasteiger charge is -2.14. The van der Waals surface area contributed by atoms with Gasteiger partial charge in [0.2, 0.25) is 0 Å².